The Morgan fingerprint density at radius 3 is 2.28 bits per heavy atom. The molecule has 0 bridgehead atoms. The molecule has 1 aliphatic carbocycles. The topological polar surface area (TPSA) is 42.6 Å². The lowest BCUT2D eigenvalue weighted by molar-refractivity contribution is -0.0893. The van der Waals surface area contributed by atoms with Crippen LogP contribution in [0.15, 0.2) is 71.1 Å². The molecule has 0 saturated carbocycles. The number of furan rings is 1. The molecule has 158 valence electrons. The molecule has 0 atom stereocenters. The lowest BCUT2D eigenvalue weighted by atomic mass is 9.79. The van der Waals surface area contributed by atoms with Gasteiger partial charge in [0.25, 0.3) is 0 Å². The number of rotatable bonds is 4. The van der Waals surface area contributed by atoms with Crippen LogP contribution >= 0.6 is 0 Å². The predicted molar refractivity (Wildman–Crippen MR) is 134 cm³/mol. The summed E-state index contributed by atoms with van der Waals surface area (Å²) in [5.41, 5.74) is 6.36. The van der Waals surface area contributed by atoms with E-state index in [1.54, 1.807) is 13.8 Å². The molecule has 6 rings (SSSR count). The van der Waals surface area contributed by atoms with Crippen molar-refractivity contribution in [3.05, 3.63) is 66.7 Å². The molecule has 1 aromatic heterocycles. The molecule has 32 heavy (non-hydrogen) atoms. The van der Waals surface area contributed by atoms with E-state index in [-0.39, 0.29) is 0 Å². The summed E-state index contributed by atoms with van der Waals surface area (Å²) in [5, 5.41) is 15.3. The van der Waals surface area contributed by atoms with Crippen molar-refractivity contribution in [3.63, 3.8) is 0 Å². The molecular weight excluding hydrogens is 395 g/mol. The van der Waals surface area contributed by atoms with Gasteiger partial charge < -0.3 is 14.2 Å². The fourth-order valence-electron chi connectivity index (χ4n) is 4.78. The minimum absolute atomic E-state index is 0.442. The number of hydrogen-bond donors (Lipinski definition) is 1. The van der Waals surface area contributed by atoms with E-state index in [0.717, 1.165) is 22.0 Å². The minimum Gasteiger partial charge on any atom is -0.456 e. The molecule has 0 unspecified atom stereocenters. The van der Waals surface area contributed by atoms with Crippen LogP contribution in [-0.2, 0) is 4.65 Å². The quantitative estimate of drug-likeness (QED) is 0.360. The average Bonchev–Trinajstić information content (AvgIpc) is 3.29. The Morgan fingerprint density at radius 1 is 0.719 bits per heavy atom. The van der Waals surface area contributed by atoms with Gasteiger partial charge in [-0.15, -0.1) is 0 Å². The third kappa shape index (κ3) is 2.63. The highest BCUT2D eigenvalue weighted by atomic mass is 16.5. The Hall–Kier alpha value is -3.08. The second kappa shape index (κ2) is 6.47. The monoisotopic (exact) mass is 420 g/mol. The van der Waals surface area contributed by atoms with Crippen molar-refractivity contribution in [1.29, 1.82) is 0 Å². The van der Waals surface area contributed by atoms with Gasteiger partial charge in [0.05, 0.1) is 11.2 Å². The van der Waals surface area contributed by atoms with Gasteiger partial charge in [-0.3, -0.25) is 0 Å². The third-order valence-corrected chi connectivity index (χ3v) is 7.30. The van der Waals surface area contributed by atoms with Crippen molar-refractivity contribution in [3.8, 4) is 22.3 Å². The lowest BCUT2D eigenvalue weighted by Gasteiger charge is -2.37. The number of benzene rings is 4. The van der Waals surface area contributed by atoms with Gasteiger partial charge in [0.1, 0.15) is 11.2 Å². The van der Waals surface area contributed by atoms with Crippen molar-refractivity contribution >= 4 is 45.7 Å². The molecule has 1 N–H and O–H groups in total. The molecular formula is C28H25BO3. The molecule has 0 radical (unpaired) electrons. The first-order valence-corrected chi connectivity index (χ1v) is 11.1. The largest absolute Gasteiger partial charge is 0.456 e. The maximum atomic E-state index is 10.5. The molecule has 0 amide bonds. The summed E-state index contributed by atoms with van der Waals surface area (Å²) in [6.07, 6.45) is 0. The Balaban J connectivity index is 1.55. The Bertz CT molecular complexity index is 1540. The highest BCUT2D eigenvalue weighted by Crippen LogP contribution is 2.51. The van der Waals surface area contributed by atoms with E-state index >= 15 is 0 Å². The molecule has 1 aliphatic rings. The maximum absolute atomic E-state index is 10.5. The van der Waals surface area contributed by atoms with Crippen molar-refractivity contribution in [2.45, 2.75) is 38.9 Å². The first kappa shape index (κ1) is 19.6. The van der Waals surface area contributed by atoms with Crippen LogP contribution in [0.4, 0.5) is 0 Å². The fraction of sp³-hybridized carbons (Fsp3) is 0.214. The van der Waals surface area contributed by atoms with E-state index in [1.807, 2.05) is 26.0 Å². The van der Waals surface area contributed by atoms with Crippen LogP contribution in [0.2, 0.25) is 0 Å². The summed E-state index contributed by atoms with van der Waals surface area (Å²) >= 11 is 0. The van der Waals surface area contributed by atoms with Crippen molar-refractivity contribution < 1.29 is 14.2 Å². The Morgan fingerprint density at radius 2 is 1.47 bits per heavy atom. The van der Waals surface area contributed by atoms with Crippen LogP contribution in [0.25, 0.3) is 55.0 Å². The van der Waals surface area contributed by atoms with Crippen molar-refractivity contribution in [2.75, 3.05) is 0 Å². The standard InChI is InChI=1S/C28H25BO3/c1-27(2,30)28(3,4)32-29-21-14-12-20-24-16(9-7-10-18(21)24)17-13-15-23-26(25(17)20)19-8-5-6-11-22(19)31-23/h5-15,29-30H,1-4H3. The smallest absolute Gasteiger partial charge is 0.310 e. The van der Waals surface area contributed by atoms with Gasteiger partial charge >= 0.3 is 7.48 Å². The Kier molecular flexibility index (Phi) is 3.96. The number of aliphatic hydroxyl groups is 1. The zero-order valence-corrected chi connectivity index (χ0v) is 18.8. The highest BCUT2D eigenvalue weighted by Gasteiger charge is 2.36. The van der Waals surface area contributed by atoms with Crippen LogP contribution < -0.4 is 5.46 Å². The first-order valence-electron chi connectivity index (χ1n) is 11.1. The molecule has 0 aliphatic heterocycles. The zero-order valence-electron chi connectivity index (χ0n) is 18.8. The zero-order chi connectivity index (χ0) is 22.3. The van der Waals surface area contributed by atoms with Crippen LogP contribution in [0.3, 0.4) is 0 Å². The average molecular weight is 420 g/mol. The minimum atomic E-state index is -0.938. The van der Waals surface area contributed by atoms with Crippen LogP contribution in [0.5, 0.6) is 0 Å². The van der Waals surface area contributed by atoms with Gasteiger partial charge in [-0.2, -0.15) is 0 Å². The molecule has 0 fully saturated rings. The second-order valence-corrected chi connectivity index (χ2v) is 9.82. The van der Waals surface area contributed by atoms with E-state index in [9.17, 15) is 5.11 Å². The van der Waals surface area contributed by atoms with Crippen molar-refractivity contribution in [1.82, 2.24) is 0 Å². The molecule has 5 aromatic rings. The van der Waals surface area contributed by atoms with Crippen LogP contribution in [0, 0.1) is 0 Å². The summed E-state index contributed by atoms with van der Waals surface area (Å²) in [6.45, 7) is 7.45. The first-order chi connectivity index (χ1) is 15.3. The summed E-state index contributed by atoms with van der Waals surface area (Å²) in [4.78, 5) is 0. The van der Waals surface area contributed by atoms with Gasteiger partial charge in [-0.1, -0.05) is 48.5 Å². The van der Waals surface area contributed by atoms with E-state index in [0.29, 0.717) is 7.48 Å². The predicted octanol–water partition coefficient (Wildman–Crippen LogP) is 5.93. The normalized spacial score (nSPS) is 13.3. The number of hydrogen-bond acceptors (Lipinski definition) is 3. The van der Waals surface area contributed by atoms with Gasteiger partial charge in [0.15, 0.2) is 0 Å². The summed E-state index contributed by atoms with van der Waals surface area (Å²) < 4.78 is 12.4. The summed E-state index contributed by atoms with van der Waals surface area (Å²) in [5.74, 6) is 0. The third-order valence-electron chi connectivity index (χ3n) is 7.30. The van der Waals surface area contributed by atoms with Gasteiger partial charge in [-0.05, 0) is 78.8 Å². The number of para-hydroxylation sites is 1. The molecule has 4 aromatic carbocycles. The van der Waals surface area contributed by atoms with Gasteiger partial charge in [0.2, 0.25) is 0 Å². The van der Waals surface area contributed by atoms with Gasteiger partial charge in [0, 0.05) is 16.3 Å². The molecule has 0 saturated heterocycles. The number of fused-ring (bicyclic) bond motifs is 7. The molecule has 0 spiro atoms. The van der Waals surface area contributed by atoms with E-state index in [4.69, 9.17) is 9.07 Å². The van der Waals surface area contributed by atoms with Gasteiger partial charge in [-0.25, -0.2) is 0 Å². The Labute approximate surface area is 187 Å². The maximum Gasteiger partial charge on any atom is 0.310 e. The summed E-state index contributed by atoms with van der Waals surface area (Å²) in [7, 11) is 0.442. The summed E-state index contributed by atoms with van der Waals surface area (Å²) in [6, 6.07) is 23.4. The second-order valence-electron chi connectivity index (χ2n) is 9.82. The SMILES string of the molecule is CC(C)(O)C(C)(C)OBc1ccc2c3c(cccc13)-c1ccc3oc4ccccc4c3c1-2. The van der Waals surface area contributed by atoms with Crippen LogP contribution in [-0.4, -0.2) is 23.8 Å². The molecule has 3 nitrogen and oxygen atoms in total. The van der Waals surface area contributed by atoms with E-state index < -0.39 is 11.2 Å². The van der Waals surface area contributed by atoms with E-state index in [1.165, 1.54) is 38.4 Å². The fourth-order valence-corrected chi connectivity index (χ4v) is 4.78. The lowest BCUT2D eigenvalue weighted by Crippen LogP contribution is -2.49. The van der Waals surface area contributed by atoms with Crippen LogP contribution in [0.1, 0.15) is 27.7 Å². The van der Waals surface area contributed by atoms with E-state index in [2.05, 4.69) is 54.6 Å². The molecule has 1 heterocycles. The molecule has 4 heteroatoms. The van der Waals surface area contributed by atoms with Crippen molar-refractivity contribution in [2.24, 2.45) is 0 Å². The highest BCUT2D eigenvalue weighted by molar-refractivity contribution is 6.52.